The smallest absolute Gasteiger partial charge is 0.170 e. The lowest BCUT2D eigenvalue weighted by atomic mass is 9.44. The zero-order valence-corrected chi connectivity index (χ0v) is 26.7. The SMILES string of the molecule is C=CC[N+]1([C@H]2C[C@H]3[C@@H]4CC[C@H]5C[C@H](O)[C@@H](N6CCC7(CC6)OCCO7)C[C@]5(C)[C@H]4CC[C@]3(C)C2O)CCCC1.[Br-]. The molecule has 3 heterocycles. The molecule has 1 unspecified atom stereocenters. The second-order valence-electron chi connectivity index (χ2n) is 15.5. The summed E-state index contributed by atoms with van der Waals surface area (Å²) in [6.07, 6.45) is 14.4. The van der Waals surface area contributed by atoms with Crippen molar-refractivity contribution in [3.63, 3.8) is 0 Å². The molecule has 4 saturated carbocycles. The average Bonchev–Trinajstić information content (AvgIpc) is 3.65. The lowest BCUT2D eigenvalue weighted by molar-refractivity contribution is -0.938. The second-order valence-corrected chi connectivity index (χ2v) is 15.5. The Morgan fingerprint density at radius 3 is 2.30 bits per heavy atom. The number of fused-ring (bicyclic) bond motifs is 5. The van der Waals surface area contributed by atoms with E-state index in [-0.39, 0.29) is 51.8 Å². The normalized spacial score (nSPS) is 49.6. The molecule has 0 amide bonds. The van der Waals surface area contributed by atoms with Gasteiger partial charge in [0, 0.05) is 56.7 Å². The molecule has 3 saturated heterocycles. The molecule has 7 rings (SSSR count). The largest absolute Gasteiger partial charge is 1.00 e. The van der Waals surface area contributed by atoms with E-state index in [1.807, 2.05) is 0 Å². The molecule has 7 fully saturated rings. The first-order chi connectivity index (χ1) is 18.7. The Kier molecular flexibility index (Phi) is 8.15. The van der Waals surface area contributed by atoms with Crippen LogP contribution in [0.25, 0.3) is 0 Å². The summed E-state index contributed by atoms with van der Waals surface area (Å²) in [6.45, 7) is 16.0. The summed E-state index contributed by atoms with van der Waals surface area (Å²) < 4.78 is 13.1. The van der Waals surface area contributed by atoms with Crippen LogP contribution in [0.3, 0.4) is 0 Å². The molecule has 2 N–H and O–H groups in total. The average molecular weight is 624 g/mol. The van der Waals surface area contributed by atoms with E-state index in [9.17, 15) is 10.2 Å². The van der Waals surface area contributed by atoms with Crippen molar-refractivity contribution in [2.75, 3.05) is 45.9 Å². The van der Waals surface area contributed by atoms with Crippen LogP contribution < -0.4 is 17.0 Å². The van der Waals surface area contributed by atoms with Crippen molar-refractivity contribution in [1.29, 1.82) is 0 Å². The first kappa shape index (κ1) is 30.0. The van der Waals surface area contributed by atoms with E-state index in [2.05, 4.69) is 31.4 Å². The van der Waals surface area contributed by atoms with Gasteiger partial charge in [-0.1, -0.05) is 20.4 Å². The highest BCUT2D eigenvalue weighted by Gasteiger charge is 2.66. The summed E-state index contributed by atoms with van der Waals surface area (Å²) in [6, 6.07) is 0.636. The Morgan fingerprint density at radius 1 is 0.925 bits per heavy atom. The number of hydrogen-bond donors (Lipinski definition) is 2. The number of aliphatic hydroxyl groups excluding tert-OH is 2. The number of halogens is 1. The van der Waals surface area contributed by atoms with Crippen molar-refractivity contribution in [2.24, 2.45) is 34.5 Å². The van der Waals surface area contributed by atoms with E-state index in [1.165, 1.54) is 58.0 Å². The maximum atomic E-state index is 12.0. The van der Waals surface area contributed by atoms with Gasteiger partial charge in [0.15, 0.2) is 5.79 Å². The zero-order chi connectivity index (χ0) is 27.0. The number of quaternary nitrogens is 1. The van der Waals surface area contributed by atoms with Gasteiger partial charge in [-0.05, 0) is 73.7 Å². The summed E-state index contributed by atoms with van der Waals surface area (Å²) in [5.74, 6) is 2.35. The third-order valence-electron chi connectivity index (χ3n) is 14.2. The van der Waals surface area contributed by atoms with Crippen LogP contribution in [-0.4, -0.2) is 95.6 Å². The molecule has 0 aromatic heterocycles. The fraction of sp³-hybridized carbons (Fsp3) is 0.939. The molecule has 7 heteroatoms. The standard InChI is InChI=1S/C33H55N2O4.BrH/c1-4-15-35(16-5-6-17-35)28-21-26-24-8-7-23-20-29(36)27(34-13-11-33(12-14-34)38-18-19-39-33)22-32(23,3)25(24)9-10-31(26,2)30(28)37;/h4,23-30,36-37H,1,5-22H2,2-3H3;1H/q+1;/p-1/t23-,24+,25-,26-,27-,28-,29-,30?,31-,32-;/m0./s1. The van der Waals surface area contributed by atoms with E-state index in [0.717, 1.165) is 74.9 Å². The van der Waals surface area contributed by atoms with Crippen LogP contribution >= 0.6 is 0 Å². The molecule has 10 atom stereocenters. The number of hydrogen-bond acceptors (Lipinski definition) is 5. The van der Waals surface area contributed by atoms with E-state index >= 15 is 0 Å². The molecule has 228 valence electrons. The van der Waals surface area contributed by atoms with E-state index in [4.69, 9.17) is 9.47 Å². The quantitative estimate of drug-likeness (QED) is 0.366. The lowest BCUT2D eigenvalue weighted by Gasteiger charge is -2.62. The zero-order valence-electron chi connectivity index (χ0n) is 25.1. The minimum atomic E-state index is -0.354. The Bertz CT molecular complexity index is 927. The molecule has 0 aromatic rings. The van der Waals surface area contributed by atoms with Gasteiger partial charge in [0.1, 0.15) is 12.1 Å². The van der Waals surface area contributed by atoms with Crippen molar-refractivity contribution in [1.82, 2.24) is 4.90 Å². The molecule has 0 bridgehead atoms. The number of ether oxygens (including phenoxy) is 2. The monoisotopic (exact) mass is 622 g/mol. The number of piperidine rings is 1. The molecule has 40 heavy (non-hydrogen) atoms. The molecule has 0 aromatic carbocycles. The van der Waals surface area contributed by atoms with Crippen LogP contribution in [0.1, 0.15) is 84.5 Å². The van der Waals surface area contributed by atoms with Gasteiger partial charge >= 0.3 is 0 Å². The van der Waals surface area contributed by atoms with Gasteiger partial charge in [0.2, 0.25) is 0 Å². The maximum Gasteiger partial charge on any atom is 0.170 e. The topological polar surface area (TPSA) is 62.2 Å². The summed E-state index contributed by atoms with van der Waals surface area (Å²) >= 11 is 0. The Balaban J connectivity index is 0.00000289. The van der Waals surface area contributed by atoms with Gasteiger partial charge in [-0.3, -0.25) is 4.90 Å². The molecular weight excluding hydrogens is 568 g/mol. The third-order valence-corrected chi connectivity index (χ3v) is 14.2. The summed E-state index contributed by atoms with van der Waals surface area (Å²) in [4.78, 5) is 2.59. The molecule has 4 aliphatic carbocycles. The Morgan fingerprint density at radius 2 is 1.62 bits per heavy atom. The minimum Gasteiger partial charge on any atom is -1.00 e. The number of aliphatic hydroxyl groups is 2. The van der Waals surface area contributed by atoms with Gasteiger partial charge in [-0.2, -0.15) is 0 Å². The molecular formula is C33H55BrN2O4. The van der Waals surface area contributed by atoms with Crippen molar-refractivity contribution < 1.29 is 41.2 Å². The van der Waals surface area contributed by atoms with Gasteiger partial charge < -0.3 is 41.2 Å². The predicted octanol–water partition coefficient (Wildman–Crippen LogP) is 1.35. The van der Waals surface area contributed by atoms with Crippen LogP contribution in [0.5, 0.6) is 0 Å². The molecule has 0 radical (unpaired) electrons. The Hall–Kier alpha value is -0.0200. The first-order valence-electron chi connectivity index (χ1n) is 16.6. The van der Waals surface area contributed by atoms with Gasteiger partial charge in [0.25, 0.3) is 0 Å². The summed E-state index contributed by atoms with van der Waals surface area (Å²) in [5.41, 5.74) is 0.341. The van der Waals surface area contributed by atoms with E-state index in [0.29, 0.717) is 17.9 Å². The molecule has 3 aliphatic heterocycles. The van der Waals surface area contributed by atoms with E-state index < -0.39 is 0 Å². The van der Waals surface area contributed by atoms with Crippen LogP contribution in [-0.2, 0) is 9.47 Å². The van der Waals surface area contributed by atoms with Crippen molar-refractivity contribution >= 4 is 0 Å². The fourth-order valence-electron chi connectivity index (χ4n) is 12.0. The van der Waals surface area contributed by atoms with Gasteiger partial charge in [-0.15, -0.1) is 0 Å². The second kappa shape index (κ2) is 10.9. The van der Waals surface area contributed by atoms with Gasteiger partial charge in [0.05, 0.1) is 39.0 Å². The first-order valence-corrected chi connectivity index (χ1v) is 16.6. The van der Waals surface area contributed by atoms with Crippen molar-refractivity contribution in [3.05, 3.63) is 12.7 Å². The fourth-order valence-corrected chi connectivity index (χ4v) is 12.0. The number of nitrogens with zero attached hydrogens (tertiary/aromatic N) is 2. The Labute approximate surface area is 253 Å². The van der Waals surface area contributed by atoms with Crippen molar-refractivity contribution in [2.45, 2.75) is 115 Å². The minimum absolute atomic E-state index is 0. The molecule has 6 nitrogen and oxygen atoms in total. The molecule has 7 aliphatic rings. The predicted molar refractivity (Wildman–Crippen MR) is 152 cm³/mol. The number of likely N-dealkylation sites (tertiary alicyclic amines) is 2. The number of rotatable bonds is 4. The van der Waals surface area contributed by atoms with Gasteiger partial charge in [-0.25, -0.2) is 0 Å². The third kappa shape index (κ3) is 4.45. The van der Waals surface area contributed by atoms with Crippen molar-refractivity contribution in [3.8, 4) is 0 Å². The van der Waals surface area contributed by atoms with Crippen LogP contribution in [0, 0.1) is 34.5 Å². The maximum absolute atomic E-state index is 12.0. The lowest BCUT2D eigenvalue weighted by Crippen LogP contribution is -3.00. The molecule has 1 spiro atoms. The van der Waals surface area contributed by atoms with Crippen LogP contribution in [0.2, 0.25) is 0 Å². The van der Waals surface area contributed by atoms with E-state index in [1.54, 1.807) is 0 Å². The highest BCUT2D eigenvalue weighted by atomic mass is 79.9. The highest BCUT2D eigenvalue weighted by molar-refractivity contribution is 5.13. The van der Waals surface area contributed by atoms with Crippen LogP contribution in [0.15, 0.2) is 12.7 Å². The highest BCUT2D eigenvalue weighted by Crippen LogP contribution is 2.67. The van der Waals surface area contributed by atoms with Crippen LogP contribution in [0.4, 0.5) is 0 Å². The summed E-state index contributed by atoms with van der Waals surface area (Å²) in [7, 11) is 0. The summed E-state index contributed by atoms with van der Waals surface area (Å²) in [5, 5.41) is 23.4.